The Morgan fingerprint density at radius 3 is 2.71 bits per heavy atom. The van der Waals surface area contributed by atoms with Gasteiger partial charge >= 0.3 is 5.97 Å². The lowest BCUT2D eigenvalue weighted by Crippen LogP contribution is -2.52. The van der Waals surface area contributed by atoms with Crippen LogP contribution in [-0.4, -0.2) is 38.8 Å². The standard InChI is InChI=1S/C15H21N3O3/c1-14(21-2)6-11-5-10(14)7-15(11,13(19)20)18-16-8-12(17-18)9-3-4-9/h8-11H,3-7H2,1-2H3,(H,19,20)/t10-,11-,14+,15?/m1/s1. The Bertz CT molecular complexity index is 597. The molecule has 3 fully saturated rings. The van der Waals surface area contributed by atoms with Crippen molar-refractivity contribution >= 4 is 5.97 Å². The molecule has 0 radical (unpaired) electrons. The summed E-state index contributed by atoms with van der Waals surface area (Å²) in [7, 11) is 1.72. The number of ether oxygens (including phenoxy) is 1. The van der Waals surface area contributed by atoms with Gasteiger partial charge in [0.15, 0.2) is 5.54 Å². The van der Waals surface area contributed by atoms with Crippen LogP contribution in [-0.2, 0) is 15.1 Å². The van der Waals surface area contributed by atoms with Crippen LogP contribution in [0.1, 0.15) is 50.6 Å². The first-order chi connectivity index (χ1) is 9.99. The molecule has 0 amide bonds. The lowest BCUT2D eigenvalue weighted by atomic mass is 9.75. The molecule has 3 saturated carbocycles. The number of hydrogen-bond donors (Lipinski definition) is 1. The van der Waals surface area contributed by atoms with Crippen molar-refractivity contribution in [2.75, 3.05) is 7.11 Å². The molecule has 0 aromatic carbocycles. The fourth-order valence-electron chi connectivity index (χ4n) is 4.41. The van der Waals surface area contributed by atoms with E-state index in [1.165, 1.54) is 4.80 Å². The minimum Gasteiger partial charge on any atom is -0.479 e. The Kier molecular flexibility index (Phi) is 2.56. The molecular formula is C15H21N3O3. The molecule has 3 aliphatic rings. The minimum atomic E-state index is -0.976. The molecule has 3 aliphatic carbocycles. The van der Waals surface area contributed by atoms with Crippen LogP contribution in [0.2, 0.25) is 0 Å². The lowest BCUT2D eigenvalue weighted by Gasteiger charge is -2.40. The van der Waals surface area contributed by atoms with Gasteiger partial charge in [0.25, 0.3) is 0 Å². The number of carbonyl (C=O) groups is 1. The zero-order valence-corrected chi connectivity index (χ0v) is 12.5. The number of rotatable bonds is 4. The van der Waals surface area contributed by atoms with Crippen LogP contribution in [0.3, 0.4) is 0 Å². The number of carboxylic acid groups (broad SMARTS) is 1. The van der Waals surface area contributed by atoms with E-state index in [0.29, 0.717) is 12.3 Å². The highest BCUT2D eigenvalue weighted by molar-refractivity contribution is 5.78. The maximum absolute atomic E-state index is 12.1. The van der Waals surface area contributed by atoms with Gasteiger partial charge in [0.1, 0.15) is 0 Å². The van der Waals surface area contributed by atoms with Gasteiger partial charge in [-0.15, -0.1) is 0 Å². The van der Waals surface area contributed by atoms with Crippen LogP contribution in [0.15, 0.2) is 6.20 Å². The molecule has 1 aromatic heterocycles. The topological polar surface area (TPSA) is 77.2 Å². The predicted molar refractivity (Wildman–Crippen MR) is 73.9 cm³/mol. The molecule has 114 valence electrons. The van der Waals surface area contributed by atoms with Crippen molar-refractivity contribution in [3.63, 3.8) is 0 Å². The summed E-state index contributed by atoms with van der Waals surface area (Å²) in [6.45, 7) is 2.09. The Labute approximate surface area is 123 Å². The molecule has 1 N–H and O–H groups in total. The van der Waals surface area contributed by atoms with E-state index < -0.39 is 11.5 Å². The monoisotopic (exact) mass is 291 g/mol. The van der Waals surface area contributed by atoms with Crippen molar-refractivity contribution in [3.8, 4) is 0 Å². The highest BCUT2D eigenvalue weighted by Gasteiger charge is 2.65. The van der Waals surface area contributed by atoms with Gasteiger partial charge in [0.2, 0.25) is 0 Å². The highest BCUT2D eigenvalue weighted by atomic mass is 16.5. The number of hydrogen-bond acceptors (Lipinski definition) is 4. The van der Waals surface area contributed by atoms with Gasteiger partial charge in [-0.2, -0.15) is 15.0 Å². The van der Waals surface area contributed by atoms with E-state index in [4.69, 9.17) is 4.74 Å². The number of aliphatic carboxylic acids is 1. The van der Waals surface area contributed by atoms with E-state index in [9.17, 15) is 9.90 Å². The third-order valence-electron chi connectivity index (χ3n) is 6.02. The molecule has 0 saturated heterocycles. The molecule has 0 aliphatic heterocycles. The second-order valence-electron chi connectivity index (χ2n) is 7.12. The number of methoxy groups -OCH3 is 1. The first-order valence-corrected chi connectivity index (χ1v) is 7.71. The van der Waals surface area contributed by atoms with E-state index in [0.717, 1.165) is 31.4 Å². The molecule has 4 atom stereocenters. The van der Waals surface area contributed by atoms with E-state index in [-0.39, 0.29) is 17.4 Å². The average Bonchev–Trinajstić information content (AvgIpc) is 2.94. The molecule has 2 bridgehead atoms. The lowest BCUT2D eigenvalue weighted by molar-refractivity contribution is -0.156. The zero-order valence-electron chi connectivity index (χ0n) is 12.5. The summed E-state index contributed by atoms with van der Waals surface area (Å²) in [6, 6.07) is 0. The molecule has 6 nitrogen and oxygen atoms in total. The predicted octanol–water partition coefficient (Wildman–Crippen LogP) is 1.77. The summed E-state index contributed by atoms with van der Waals surface area (Å²) in [5.41, 5.74) is -0.223. The fraction of sp³-hybridized carbons (Fsp3) is 0.800. The Morgan fingerprint density at radius 2 is 2.19 bits per heavy atom. The first kappa shape index (κ1) is 13.2. The Balaban J connectivity index is 1.71. The maximum Gasteiger partial charge on any atom is 0.333 e. The average molecular weight is 291 g/mol. The van der Waals surface area contributed by atoms with Crippen LogP contribution in [0.4, 0.5) is 0 Å². The second kappa shape index (κ2) is 4.06. The molecule has 21 heavy (non-hydrogen) atoms. The quantitative estimate of drug-likeness (QED) is 0.914. The van der Waals surface area contributed by atoms with Crippen molar-refractivity contribution in [3.05, 3.63) is 11.9 Å². The minimum absolute atomic E-state index is 0.0457. The summed E-state index contributed by atoms with van der Waals surface area (Å²) in [4.78, 5) is 13.6. The van der Waals surface area contributed by atoms with Crippen molar-refractivity contribution in [1.82, 2.24) is 15.0 Å². The van der Waals surface area contributed by atoms with Gasteiger partial charge in [-0.3, -0.25) is 0 Å². The van der Waals surface area contributed by atoms with Gasteiger partial charge in [-0.25, -0.2) is 4.79 Å². The molecule has 1 unspecified atom stereocenters. The first-order valence-electron chi connectivity index (χ1n) is 7.71. The van der Waals surface area contributed by atoms with Crippen molar-refractivity contribution < 1.29 is 14.6 Å². The van der Waals surface area contributed by atoms with Crippen LogP contribution in [0, 0.1) is 11.8 Å². The fourth-order valence-corrected chi connectivity index (χ4v) is 4.41. The van der Waals surface area contributed by atoms with Crippen LogP contribution in [0.25, 0.3) is 0 Å². The van der Waals surface area contributed by atoms with Gasteiger partial charge < -0.3 is 9.84 Å². The zero-order chi connectivity index (χ0) is 14.8. The molecule has 4 rings (SSSR count). The smallest absolute Gasteiger partial charge is 0.333 e. The maximum atomic E-state index is 12.1. The van der Waals surface area contributed by atoms with E-state index in [1.807, 2.05) is 0 Å². The van der Waals surface area contributed by atoms with E-state index >= 15 is 0 Å². The second-order valence-corrected chi connectivity index (χ2v) is 7.12. The highest BCUT2D eigenvalue weighted by Crippen LogP contribution is 2.59. The molecule has 1 aromatic rings. The van der Waals surface area contributed by atoms with E-state index in [1.54, 1.807) is 13.3 Å². The third-order valence-corrected chi connectivity index (χ3v) is 6.02. The van der Waals surface area contributed by atoms with Crippen LogP contribution in [0.5, 0.6) is 0 Å². The van der Waals surface area contributed by atoms with Gasteiger partial charge in [-0.05, 0) is 50.9 Å². The Morgan fingerprint density at radius 1 is 1.43 bits per heavy atom. The van der Waals surface area contributed by atoms with E-state index in [2.05, 4.69) is 17.1 Å². The van der Waals surface area contributed by atoms with Gasteiger partial charge in [0, 0.05) is 13.0 Å². The van der Waals surface area contributed by atoms with Crippen LogP contribution < -0.4 is 0 Å². The number of carboxylic acids is 1. The SMILES string of the molecule is CO[C@@]1(C)C[C@H]2C[C@@H]1CC2(C(=O)O)n1ncc(C2CC2)n1. The molecule has 6 heteroatoms. The summed E-state index contributed by atoms with van der Waals surface area (Å²) in [5, 5.41) is 18.8. The van der Waals surface area contributed by atoms with Crippen LogP contribution >= 0.6 is 0 Å². The van der Waals surface area contributed by atoms with Gasteiger partial charge in [-0.1, -0.05) is 0 Å². The summed E-state index contributed by atoms with van der Waals surface area (Å²) in [5.74, 6) is 0.00176. The van der Waals surface area contributed by atoms with Crippen molar-refractivity contribution in [1.29, 1.82) is 0 Å². The summed E-state index contributed by atoms with van der Waals surface area (Å²) in [6.07, 6.45) is 6.26. The van der Waals surface area contributed by atoms with Gasteiger partial charge in [0.05, 0.1) is 17.5 Å². The Hall–Kier alpha value is -1.43. The number of nitrogens with zero attached hydrogens (tertiary/aromatic N) is 3. The number of fused-ring (bicyclic) bond motifs is 2. The summed E-state index contributed by atoms with van der Waals surface area (Å²) >= 11 is 0. The number of aromatic nitrogens is 3. The molecule has 1 heterocycles. The normalized spacial score (nSPS) is 41.6. The molecular weight excluding hydrogens is 270 g/mol. The summed E-state index contributed by atoms with van der Waals surface area (Å²) < 4.78 is 5.65. The largest absolute Gasteiger partial charge is 0.479 e. The van der Waals surface area contributed by atoms with Crippen molar-refractivity contribution in [2.45, 2.75) is 56.1 Å². The third kappa shape index (κ3) is 1.65. The molecule has 0 spiro atoms. The van der Waals surface area contributed by atoms with Crippen molar-refractivity contribution in [2.24, 2.45) is 11.8 Å².